The van der Waals surface area contributed by atoms with Gasteiger partial charge in [-0.1, -0.05) is 29.8 Å². The summed E-state index contributed by atoms with van der Waals surface area (Å²) in [6.07, 6.45) is 0. The summed E-state index contributed by atoms with van der Waals surface area (Å²) in [5.41, 5.74) is 3.57. The molecule has 28 heavy (non-hydrogen) atoms. The van der Waals surface area contributed by atoms with E-state index in [1.807, 2.05) is 52.1 Å². The van der Waals surface area contributed by atoms with Crippen LogP contribution in [0, 0.1) is 6.92 Å². The molecule has 1 atom stereocenters. The molecule has 6 nitrogen and oxygen atoms in total. The summed E-state index contributed by atoms with van der Waals surface area (Å²) < 4.78 is 0. The SMILES string of the molecule is Cc1ccc(Cl)cc1NC(=O)C(=O)NC[C@@H](c1ccc(N(C)C)cc1)[NH+](C)C. The summed E-state index contributed by atoms with van der Waals surface area (Å²) in [5.74, 6) is -1.38. The largest absolute Gasteiger partial charge is 0.378 e. The zero-order chi connectivity index (χ0) is 20.8. The van der Waals surface area contributed by atoms with Crippen LogP contribution in [0.15, 0.2) is 42.5 Å². The van der Waals surface area contributed by atoms with Gasteiger partial charge in [0.1, 0.15) is 6.04 Å². The molecule has 7 heteroatoms. The monoisotopic (exact) mass is 403 g/mol. The van der Waals surface area contributed by atoms with Gasteiger partial charge in [-0.25, -0.2) is 0 Å². The lowest BCUT2D eigenvalue weighted by atomic mass is 10.1. The number of hydrogen-bond acceptors (Lipinski definition) is 3. The van der Waals surface area contributed by atoms with Crippen LogP contribution in [-0.4, -0.2) is 46.5 Å². The van der Waals surface area contributed by atoms with Crippen LogP contribution in [0.25, 0.3) is 0 Å². The molecular weight excluding hydrogens is 376 g/mol. The van der Waals surface area contributed by atoms with Crippen LogP contribution < -0.4 is 20.4 Å². The number of aryl methyl sites for hydroxylation is 1. The van der Waals surface area contributed by atoms with Crippen molar-refractivity contribution in [1.82, 2.24) is 5.32 Å². The first kappa shape index (κ1) is 21.7. The normalized spacial score (nSPS) is 11.8. The van der Waals surface area contributed by atoms with Gasteiger partial charge < -0.3 is 20.4 Å². The Kier molecular flexibility index (Phi) is 7.43. The van der Waals surface area contributed by atoms with Crippen molar-refractivity contribution in [3.05, 3.63) is 58.6 Å². The number of halogens is 1. The number of anilines is 2. The number of nitrogens with zero attached hydrogens (tertiary/aromatic N) is 1. The van der Waals surface area contributed by atoms with E-state index in [2.05, 4.69) is 22.8 Å². The first-order chi connectivity index (χ1) is 13.2. The Morgan fingerprint density at radius 3 is 2.29 bits per heavy atom. The van der Waals surface area contributed by atoms with Crippen molar-refractivity contribution >= 4 is 34.8 Å². The fourth-order valence-corrected chi connectivity index (χ4v) is 3.02. The van der Waals surface area contributed by atoms with E-state index in [1.165, 1.54) is 0 Å². The van der Waals surface area contributed by atoms with Gasteiger partial charge in [-0.2, -0.15) is 0 Å². The Morgan fingerprint density at radius 1 is 1.07 bits per heavy atom. The van der Waals surface area contributed by atoms with Crippen molar-refractivity contribution < 1.29 is 14.5 Å². The Balaban J connectivity index is 2.01. The third kappa shape index (κ3) is 5.71. The Morgan fingerprint density at radius 2 is 1.71 bits per heavy atom. The Bertz CT molecular complexity index is 835. The molecule has 0 bridgehead atoms. The van der Waals surface area contributed by atoms with E-state index in [0.717, 1.165) is 21.7 Å². The molecule has 0 aliphatic carbocycles. The van der Waals surface area contributed by atoms with Crippen LogP contribution >= 0.6 is 11.6 Å². The maximum Gasteiger partial charge on any atom is 0.313 e. The molecule has 3 N–H and O–H groups in total. The third-order valence-electron chi connectivity index (χ3n) is 4.63. The molecule has 0 spiro atoms. The minimum Gasteiger partial charge on any atom is -0.378 e. The molecule has 0 unspecified atom stereocenters. The van der Waals surface area contributed by atoms with Gasteiger partial charge in [0, 0.05) is 36.1 Å². The highest BCUT2D eigenvalue weighted by Crippen LogP contribution is 2.20. The van der Waals surface area contributed by atoms with Crippen LogP contribution in [0.4, 0.5) is 11.4 Å². The predicted octanol–water partition coefficient (Wildman–Crippen LogP) is 1.65. The van der Waals surface area contributed by atoms with Gasteiger partial charge in [-0.15, -0.1) is 0 Å². The summed E-state index contributed by atoms with van der Waals surface area (Å²) in [4.78, 5) is 27.7. The molecule has 2 aromatic rings. The lowest BCUT2D eigenvalue weighted by Gasteiger charge is -2.23. The van der Waals surface area contributed by atoms with E-state index < -0.39 is 11.8 Å². The van der Waals surface area contributed by atoms with Gasteiger partial charge in [0.25, 0.3) is 0 Å². The van der Waals surface area contributed by atoms with Crippen LogP contribution in [0.2, 0.25) is 5.02 Å². The maximum absolute atomic E-state index is 12.3. The average molecular weight is 404 g/mol. The van der Waals surface area contributed by atoms with E-state index in [9.17, 15) is 9.59 Å². The fraction of sp³-hybridized carbons (Fsp3) is 0.333. The summed E-state index contributed by atoms with van der Waals surface area (Å²) >= 11 is 5.96. The smallest absolute Gasteiger partial charge is 0.313 e. The summed E-state index contributed by atoms with van der Waals surface area (Å²) in [7, 11) is 8.02. The molecule has 2 rings (SSSR count). The Labute approximate surface area is 171 Å². The molecule has 0 aliphatic heterocycles. The number of quaternary nitrogens is 1. The number of amides is 2. The maximum atomic E-state index is 12.3. The lowest BCUT2D eigenvalue weighted by molar-refractivity contribution is -0.890. The number of carbonyl (C=O) groups excluding carboxylic acids is 2. The van der Waals surface area contributed by atoms with E-state index in [1.54, 1.807) is 18.2 Å². The number of benzene rings is 2. The number of carbonyl (C=O) groups is 2. The van der Waals surface area contributed by atoms with Gasteiger partial charge in [0.15, 0.2) is 0 Å². The van der Waals surface area contributed by atoms with Gasteiger partial charge in [-0.3, -0.25) is 9.59 Å². The van der Waals surface area contributed by atoms with E-state index in [0.29, 0.717) is 17.3 Å². The predicted molar refractivity (Wildman–Crippen MR) is 114 cm³/mol. The molecule has 0 aromatic heterocycles. The van der Waals surface area contributed by atoms with Crippen LogP contribution in [0.1, 0.15) is 17.2 Å². The van der Waals surface area contributed by atoms with E-state index in [-0.39, 0.29) is 6.04 Å². The second kappa shape index (κ2) is 9.57. The highest BCUT2D eigenvalue weighted by atomic mass is 35.5. The van der Waals surface area contributed by atoms with Crippen molar-refractivity contribution in [1.29, 1.82) is 0 Å². The summed E-state index contributed by atoms with van der Waals surface area (Å²) in [6.45, 7) is 2.19. The molecule has 0 aliphatic rings. The number of hydrogen-bond donors (Lipinski definition) is 3. The number of likely N-dealkylation sites (N-methyl/N-ethyl adjacent to an activating group) is 1. The van der Waals surface area contributed by atoms with Crippen molar-refractivity contribution in [2.24, 2.45) is 0 Å². The van der Waals surface area contributed by atoms with Crippen molar-refractivity contribution in [3.63, 3.8) is 0 Å². The molecule has 2 aromatic carbocycles. The lowest BCUT2D eigenvalue weighted by Crippen LogP contribution is -3.07. The standard InChI is InChI=1S/C21H27ClN4O2/c1-14-6-9-16(22)12-18(14)24-21(28)20(27)23-13-19(26(4)5)15-7-10-17(11-8-15)25(2)3/h6-12,19H,13H2,1-5H3,(H,23,27)(H,24,28)/p+1/t19-/m0/s1. The van der Waals surface area contributed by atoms with Gasteiger partial charge in [-0.05, 0) is 36.8 Å². The average Bonchev–Trinajstić information content (AvgIpc) is 2.64. The molecule has 0 fully saturated rings. The zero-order valence-corrected chi connectivity index (χ0v) is 17.7. The fourth-order valence-electron chi connectivity index (χ4n) is 2.84. The van der Waals surface area contributed by atoms with Gasteiger partial charge >= 0.3 is 11.8 Å². The second-order valence-electron chi connectivity index (χ2n) is 7.24. The van der Waals surface area contributed by atoms with Gasteiger partial charge in [0.2, 0.25) is 0 Å². The van der Waals surface area contributed by atoms with Crippen molar-refractivity contribution in [2.45, 2.75) is 13.0 Å². The first-order valence-electron chi connectivity index (χ1n) is 9.11. The molecular formula is C21H28ClN4O2+. The van der Waals surface area contributed by atoms with Crippen molar-refractivity contribution in [2.75, 3.05) is 45.0 Å². The quantitative estimate of drug-likeness (QED) is 0.642. The third-order valence-corrected chi connectivity index (χ3v) is 4.86. The summed E-state index contributed by atoms with van der Waals surface area (Å²) in [5, 5.41) is 5.85. The van der Waals surface area contributed by atoms with Crippen molar-refractivity contribution in [3.8, 4) is 0 Å². The first-order valence-corrected chi connectivity index (χ1v) is 9.49. The van der Waals surface area contributed by atoms with E-state index in [4.69, 9.17) is 11.6 Å². The van der Waals surface area contributed by atoms with Crippen LogP contribution in [0.5, 0.6) is 0 Å². The number of nitrogens with one attached hydrogen (secondary N) is 3. The second-order valence-corrected chi connectivity index (χ2v) is 7.68. The summed E-state index contributed by atoms with van der Waals surface area (Å²) in [6, 6.07) is 13.4. The zero-order valence-electron chi connectivity index (χ0n) is 17.0. The highest BCUT2D eigenvalue weighted by Gasteiger charge is 2.21. The molecule has 0 radical (unpaired) electrons. The van der Waals surface area contributed by atoms with Gasteiger partial charge in [0.05, 0.1) is 20.6 Å². The molecule has 0 saturated carbocycles. The van der Waals surface area contributed by atoms with Crippen LogP contribution in [0.3, 0.4) is 0 Å². The molecule has 150 valence electrons. The minimum atomic E-state index is -0.708. The topological polar surface area (TPSA) is 65.9 Å². The molecule has 0 saturated heterocycles. The highest BCUT2D eigenvalue weighted by molar-refractivity contribution is 6.40. The van der Waals surface area contributed by atoms with Crippen LogP contribution in [-0.2, 0) is 9.59 Å². The minimum absolute atomic E-state index is 0.0286. The molecule has 2 amide bonds. The molecule has 0 heterocycles. The Hall–Kier alpha value is -2.57. The van der Waals surface area contributed by atoms with E-state index >= 15 is 0 Å². The number of rotatable bonds is 6.